The number of rotatable bonds is 1. The molecule has 3 nitrogen and oxygen atoms in total. The molecule has 1 aromatic rings. The van der Waals surface area contributed by atoms with Crippen LogP contribution in [0, 0.1) is 0 Å². The van der Waals surface area contributed by atoms with Gasteiger partial charge >= 0.3 is 0 Å². The lowest BCUT2D eigenvalue weighted by Crippen LogP contribution is -2.26. The summed E-state index contributed by atoms with van der Waals surface area (Å²) in [5.41, 5.74) is 0.0355. The fourth-order valence-corrected chi connectivity index (χ4v) is 1.09. The van der Waals surface area contributed by atoms with E-state index in [0.717, 1.165) is 10.4 Å². The molecule has 0 atom stereocenters. The Hall–Kier alpha value is -0.640. The predicted octanol–water partition coefficient (Wildman–Crippen LogP) is 2.45. The summed E-state index contributed by atoms with van der Waals surface area (Å²) in [6.07, 6.45) is 1.53. The van der Waals surface area contributed by atoms with Crippen molar-refractivity contribution in [2.24, 2.45) is 0 Å². The van der Waals surface area contributed by atoms with Crippen molar-refractivity contribution in [1.82, 2.24) is 9.97 Å². The smallest absolute Gasteiger partial charge is 0.130 e. The van der Waals surface area contributed by atoms with Gasteiger partial charge in [0.1, 0.15) is 16.7 Å². The summed E-state index contributed by atoms with van der Waals surface area (Å²) in [5, 5.41) is 3.24. The van der Waals surface area contributed by atoms with E-state index in [4.69, 9.17) is 0 Å². The van der Waals surface area contributed by atoms with Gasteiger partial charge in [-0.3, -0.25) is 0 Å². The minimum Gasteiger partial charge on any atom is -0.365 e. The van der Waals surface area contributed by atoms with Gasteiger partial charge in [0.05, 0.1) is 0 Å². The standard InChI is InChI=1S/C8H12BrN3/c1-8(2,3)12-7-4-6(9)10-5-11-7/h4-5H,1-3H3,(H,10,11,12). The first-order valence-corrected chi connectivity index (χ1v) is 4.52. The molecule has 0 spiro atoms. The molecule has 66 valence electrons. The Morgan fingerprint density at radius 1 is 1.33 bits per heavy atom. The molecule has 1 rings (SSSR count). The van der Waals surface area contributed by atoms with E-state index in [2.05, 4.69) is 52.0 Å². The number of aromatic nitrogens is 2. The quantitative estimate of drug-likeness (QED) is 0.753. The molecule has 0 saturated heterocycles. The van der Waals surface area contributed by atoms with E-state index in [1.54, 1.807) is 0 Å². The van der Waals surface area contributed by atoms with Crippen molar-refractivity contribution in [2.45, 2.75) is 26.3 Å². The van der Waals surface area contributed by atoms with Crippen LogP contribution in [0.4, 0.5) is 5.82 Å². The number of anilines is 1. The molecule has 0 fully saturated rings. The van der Waals surface area contributed by atoms with Crippen molar-refractivity contribution in [3.63, 3.8) is 0 Å². The van der Waals surface area contributed by atoms with E-state index in [1.807, 2.05) is 6.07 Å². The second-order valence-electron chi connectivity index (χ2n) is 3.60. The molecule has 12 heavy (non-hydrogen) atoms. The third-order valence-corrected chi connectivity index (χ3v) is 1.57. The lowest BCUT2D eigenvalue weighted by atomic mass is 10.1. The van der Waals surface area contributed by atoms with Crippen LogP contribution in [-0.4, -0.2) is 15.5 Å². The summed E-state index contributed by atoms with van der Waals surface area (Å²) >= 11 is 3.28. The zero-order chi connectivity index (χ0) is 9.19. The van der Waals surface area contributed by atoms with Crippen LogP contribution in [-0.2, 0) is 0 Å². The average molecular weight is 230 g/mol. The SMILES string of the molecule is CC(C)(C)Nc1cc(Br)ncn1. The summed E-state index contributed by atoms with van der Waals surface area (Å²) < 4.78 is 0.796. The molecule has 4 heteroatoms. The molecular formula is C8H12BrN3. The summed E-state index contributed by atoms with van der Waals surface area (Å²) in [5.74, 6) is 0.837. The number of halogens is 1. The van der Waals surface area contributed by atoms with Crippen LogP contribution in [0.15, 0.2) is 17.0 Å². The topological polar surface area (TPSA) is 37.8 Å². The molecule has 0 aliphatic carbocycles. The van der Waals surface area contributed by atoms with Gasteiger partial charge in [-0.25, -0.2) is 9.97 Å². The fourth-order valence-electron chi connectivity index (χ4n) is 0.786. The van der Waals surface area contributed by atoms with Gasteiger partial charge in [0, 0.05) is 11.6 Å². The molecule has 0 radical (unpaired) electrons. The van der Waals surface area contributed by atoms with E-state index in [-0.39, 0.29) is 5.54 Å². The van der Waals surface area contributed by atoms with Crippen LogP contribution >= 0.6 is 15.9 Å². The number of nitrogens with zero attached hydrogens (tertiary/aromatic N) is 2. The summed E-state index contributed by atoms with van der Waals surface area (Å²) in [6.45, 7) is 6.26. The second-order valence-corrected chi connectivity index (χ2v) is 4.41. The van der Waals surface area contributed by atoms with Crippen LogP contribution in [0.1, 0.15) is 20.8 Å². The number of hydrogen-bond donors (Lipinski definition) is 1. The van der Waals surface area contributed by atoms with Crippen molar-refractivity contribution in [3.05, 3.63) is 17.0 Å². The molecule has 1 N–H and O–H groups in total. The Morgan fingerprint density at radius 3 is 2.50 bits per heavy atom. The van der Waals surface area contributed by atoms with Crippen LogP contribution in [0.3, 0.4) is 0 Å². The van der Waals surface area contributed by atoms with Crippen molar-refractivity contribution in [3.8, 4) is 0 Å². The van der Waals surface area contributed by atoms with Gasteiger partial charge in [0.2, 0.25) is 0 Å². The van der Waals surface area contributed by atoms with E-state index in [9.17, 15) is 0 Å². The Morgan fingerprint density at radius 2 is 2.00 bits per heavy atom. The van der Waals surface area contributed by atoms with Crippen LogP contribution in [0.25, 0.3) is 0 Å². The third kappa shape index (κ3) is 3.17. The second kappa shape index (κ2) is 3.39. The molecular weight excluding hydrogens is 218 g/mol. The van der Waals surface area contributed by atoms with E-state index < -0.39 is 0 Å². The highest BCUT2D eigenvalue weighted by atomic mass is 79.9. The maximum atomic E-state index is 4.07. The minimum atomic E-state index is 0.0355. The lowest BCUT2D eigenvalue weighted by molar-refractivity contribution is 0.630. The highest BCUT2D eigenvalue weighted by Crippen LogP contribution is 2.14. The molecule has 0 unspecified atom stereocenters. The van der Waals surface area contributed by atoms with Gasteiger partial charge in [0.15, 0.2) is 0 Å². The molecule has 0 bridgehead atoms. The van der Waals surface area contributed by atoms with Gasteiger partial charge < -0.3 is 5.32 Å². The maximum absolute atomic E-state index is 4.07. The molecule has 1 heterocycles. The van der Waals surface area contributed by atoms with E-state index >= 15 is 0 Å². The van der Waals surface area contributed by atoms with Crippen molar-refractivity contribution in [2.75, 3.05) is 5.32 Å². The maximum Gasteiger partial charge on any atom is 0.130 e. The fraction of sp³-hybridized carbons (Fsp3) is 0.500. The molecule has 0 aliphatic rings. The average Bonchev–Trinajstić information content (AvgIpc) is 1.82. The van der Waals surface area contributed by atoms with E-state index in [0.29, 0.717) is 0 Å². The monoisotopic (exact) mass is 229 g/mol. The van der Waals surface area contributed by atoms with Gasteiger partial charge in [-0.1, -0.05) is 0 Å². The first-order valence-electron chi connectivity index (χ1n) is 3.73. The molecule has 0 aromatic carbocycles. The molecule has 0 aliphatic heterocycles. The third-order valence-electron chi connectivity index (χ3n) is 1.14. The number of hydrogen-bond acceptors (Lipinski definition) is 3. The van der Waals surface area contributed by atoms with Crippen LogP contribution in [0.5, 0.6) is 0 Å². The van der Waals surface area contributed by atoms with Crippen LogP contribution < -0.4 is 5.32 Å². The largest absolute Gasteiger partial charge is 0.365 e. The minimum absolute atomic E-state index is 0.0355. The normalized spacial score (nSPS) is 11.3. The van der Waals surface area contributed by atoms with Crippen molar-refractivity contribution >= 4 is 21.7 Å². The number of nitrogens with one attached hydrogen (secondary N) is 1. The van der Waals surface area contributed by atoms with Gasteiger partial charge in [-0.05, 0) is 36.7 Å². The zero-order valence-corrected chi connectivity index (χ0v) is 9.01. The van der Waals surface area contributed by atoms with Gasteiger partial charge in [-0.15, -0.1) is 0 Å². The first-order chi connectivity index (χ1) is 5.47. The highest BCUT2D eigenvalue weighted by molar-refractivity contribution is 9.10. The summed E-state index contributed by atoms with van der Waals surface area (Å²) in [7, 11) is 0. The zero-order valence-electron chi connectivity index (χ0n) is 7.43. The Balaban J connectivity index is 2.77. The predicted molar refractivity (Wildman–Crippen MR) is 53.1 cm³/mol. The lowest BCUT2D eigenvalue weighted by Gasteiger charge is -2.20. The van der Waals surface area contributed by atoms with Gasteiger partial charge in [-0.2, -0.15) is 0 Å². The summed E-state index contributed by atoms with van der Waals surface area (Å²) in [6, 6.07) is 1.85. The van der Waals surface area contributed by atoms with Crippen LogP contribution in [0.2, 0.25) is 0 Å². The Labute approximate surface area is 80.7 Å². The highest BCUT2D eigenvalue weighted by Gasteiger charge is 2.09. The Bertz CT molecular complexity index is 267. The van der Waals surface area contributed by atoms with Gasteiger partial charge in [0.25, 0.3) is 0 Å². The van der Waals surface area contributed by atoms with E-state index in [1.165, 1.54) is 6.33 Å². The Kier molecular flexibility index (Phi) is 2.67. The molecule has 1 aromatic heterocycles. The van der Waals surface area contributed by atoms with Crippen molar-refractivity contribution in [1.29, 1.82) is 0 Å². The first kappa shape index (κ1) is 9.45. The molecule has 0 saturated carbocycles. The van der Waals surface area contributed by atoms with Crippen molar-refractivity contribution < 1.29 is 0 Å². The molecule has 0 amide bonds. The summed E-state index contributed by atoms with van der Waals surface area (Å²) in [4.78, 5) is 8.01.